The molecule has 0 fully saturated rings. The molecule has 132 valence electrons. The van der Waals surface area contributed by atoms with Crippen LogP contribution in [0, 0.1) is 0 Å². The summed E-state index contributed by atoms with van der Waals surface area (Å²) < 4.78 is 1.97. The predicted molar refractivity (Wildman–Crippen MR) is 106 cm³/mol. The number of fused-ring (bicyclic) bond motifs is 1. The standard InChI is InChI=1S/C22H23N3O/c1-16(2)17-8-7-9-18(14-17)22(3,4)24-21(26)23-19-11-12-20-10-5-6-13-25(20)15-19/h5-15H,1H2,2-4H3,(H-,23,24,26)/p+1. The van der Waals surface area contributed by atoms with Crippen LogP contribution in [-0.2, 0) is 5.54 Å². The number of hydrogen-bond acceptors (Lipinski definition) is 1. The largest absolute Gasteiger partial charge is 0.329 e. The molecule has 2 aromatic heterocycles. The predicted octanol–water partition coefficient (Wildman–Crippen LogP) is 4.52. The van der Waals surface area contributed by atoms with Crippen LogP contribution in [0.1, 0.15) is 31.9 Å². The number of rotatable bonds is 4. The Kier molecular flexibility index (Phi) is 4.76. The van der Waals surface area contributed by atoms with E-state index in [4.69, 9.17) is 0 Å². The Labute approximate surface area is 154 Å². The van der Waals surface area contributed by atoms with Crippen LogP contribution in [0.15, 0.2) is 73.6 Å². The van der Waals surface area contributed by atoms with Gasteiger partial charge in [-0.1, -0.05) is 30.4 Å². The van der Waals surface area contributed by atoms with Crippen LogP contribution in [0.2, 0.25) is 0 Å². The normalized spacial score (nSPS) is 11.2. The topological polar surface area (TPSA) is 45.2 Å². The van der Waals surface area contributed by atoms with Gasteiger partial charge < -0.3 is 10.6 Å². The number of amides is 2. The van der Waals surface area contributed by atoms with Gasteiger partial charge in [-0.2, -0.15) is 4.40 Å². The molecule has 26 heavy (non-hydrogen) atoms. The van der Waals surface area contributed by atoms with Gasteiger partial charge in [0.15, 0.2) is 12.4 Å². The molecule has 0 atom stereocenters. The number of allylic oxidation sites excluding steroid dienone is 1. The van der Waals surface area contributed by atoms with E-state index in [0.29, 0.717) is 0 Å². The molecule has 4 nitrogen and oxygen atoms in total. The van der Waals surface area contributed by atoms with Crippen molar-refractivity contribution in [1.82, 2.24) is 5.32 Å². The molecule has 0 saturated carbocycles. The number of carbonyl (C=O) groups excluding carboxylic acids is 1. The Hall–Kier alpha value is -3.14. The van der Waals surface area contributed by atoms with Crippen molar-refractivity contribution in [3.8, 4) is 0 Å². The molecule has 2 heterocycles. The van der Waals surface area contributed by atoms with E-state index in [1.807, 2.05) is 86.1 Å². The van der Waals surface area contributed by atoms with Crippen molar-refractivity contribution in [2.75, 3.05) is 5.32 Å². The first-order valence-corrected chi connectivity index (χ1v) is 8.61. The molecular weight excluding hydrogens is 322 g/mol. The molecule has 3 rings (SSSR count). The van der Waals surface area contributed by atoms with Crippen LogP contribution in [-0.4, -0.2) is 6.03 Å². The van der Waals surface area contributed by atoms with Crippen molar-refractivity contribution < 1.29 is 9.20 Å². The van der Waals surface area contributed by atoms with Crippen molar-refractivity contribution >= 4 is 22.8 Å². The van der Waals surface area contributed by atoms with Crippen LogP contribution < -0.4 is 15.0 Å². The van der Waals surface area contributed by atoms with Gasteiger partial charge in [0, 0.05) is 18.2 Å². The van der Waals surface area contributed by atoms with Crippen LogP contribution >= 0.6 is 0 Å². The van der Waals surface area contributed by atoms with Crippen molar-refractivity contribution in [3.63, 3.8) is 0 Å². The van der Waals surface area contributed by atoms with Gasteiger partial charge in [0.1, 0.15) is 5.69 Å². The summed E-state index contributed by atoms with van der Waals surface area (Å²) in [7, 11) is 0. The Morgan fingerprint density at radius 1 is 1.08 bits per heavy atom. The lowest BCUT2D eigenvalue weighted by Crippen LogP contribution is -2.43. The Morgan fingerprint density at radius 2 is 1.88 bits per heavy atom. The fourth-order valence-corrected chi connectivity index (χ4v) is 2.86. The van der Waals surface area contributed by atoms with E-state index in [1.54, 1.807) is 0 Å². The van der Waals surface area contributed by atoms with Gasteiger partial charge in [0.25, 0.3) is 0 Å². The number of benzene rings is 1. The first-order valence-electron chi connectivity index (χ1n) is 8.61. The molecule has 0 bridgehead atoms. The summed E-state index contributed by atoms with van der Waals surface area (Å²) in [5.41, 5.74) is 4.39. The van der Waals surface area contributed by atoms with Gasteiger partial charge in [0.2, 0.25) is 5.52 Å². The van der Waals surface area contributed by atoms with Crippen LogP contribution in [0.3, 0.4) is 0 Å². The second-order valence-corrected chi connectivity index (χ2v) is 7.02. The summed E-state index contributed by atoms with van der Waals surface area (Å²) in [5.74, 6) is 0. The highest BCUT2D eigenvalue weighted by Crippen LogP contribution is 2.23. The van der Waals surface area contributed by atoms with E-state index < -0.39 is 5.54 Å². The maximum absolute atomic E-state index is 12.5. The SMILES string of the molecule is C=C(C)c1cccc(C(C)(C)NC(=O)Nc2ccc3cccc[n+]3c2)c1. The molecule has 0 saturated heterocycles. The van der Waals surface area contributed by atoms with Gasteiger partial charge in [-0.25, -0.2) is 4.79 Å². The molecule has 0 radical (unpaired) electrons. The average Bonchev–Trinajstić information content (AvgIpc) is 2.61. The lowest BCUT2D eigenvalue weighted by atomic mass is 9.92. The maximum atomic E-state index is 12.5. The minimum atomic E-state index is -0.514. The van der Waals surface area contributed by atoms with Crippen LogP contribution in [0.5, 0.6) is 0 Å². The van der Waals surface area contributed by atoms with Crippen molar-refractivity contribution in [3.05, 3.63) is 84.7 Å². The number of urea groups is 1. The summed E-state index contributed by atoms with van der Waals surface area (Å²) in [5, 5.41) is 5.96. The van der Waals surface area contributed by atoms with Gasteiger partial charge in [0.05, 0.1) is 5.54 Å². The summed E-state index contributed by atoms with van der Waals surface area (Å²) in [6.45, 7) is 9.93. The van der Waals surface area contributed by atoms with Crippen molar-refractivity contribution in [2.24, 2.45) is 0 Å². The third kappa shape index (κ3) is 3.91. The number of nitrogens with zero attached hydrogens (tertiary/aromatic N) is 1. The van der Waals surface area contributed by atoms with E-state index in [2.05, 4.69) is 23.3 Å². The van der Waals surface area contributed by atoms with E-state index in [-0.39, 0.29) is 6.03 Å². The summed E-state index contributed by atoms with van der Waals surface area (Å²) in [6.07, 6.45) is 3.84. The molecule has 0 aliphatic heterocycles. The molecule has 0 spiro atoms. The highest BCUT2D eigenvalue weighted by Gasteiger charge is 2.23. The van der Waals surface area contributed by atoms with E-state index >= 15 is 0 Å². The molecular formula is C22H24N3O+. The Bertz CT molecular complexity index is 976. The monoisotopic (exact) mass is 346 g/mol. The van der Waals surface area contributed by atoms with E-state index in [0.717, 1.165) is 27.9 Å². The molecule has 2 amide bonds. The molecule has 2 N–H and O–H groups in total. The van der Waals surface area contributed by atoms with E-state index in [1.165, 1.54) is 0 Å². The third-order valence-electron chi connectivity index (χ3n) is 4.40. The summed E-state index contributed by atoms with van der Waals surface area (Å²) in [6, 6.07) is 17.7. The third-order valence-corrected chi connectivity index (χ3v) is 4.40. The quantitative estimate of drug-likeness (QED) is 0.671. The molecule has 1 aromatic carbocycles. The number of nitrogens with one attached hydrogen (secondary N) is 2. The maximum Gasteiger partial charge on any atom is 0.320 e. The summed E-state index contributed by atoms with van der Waals surface area (Å²) in [4.78, 5) is 12.5. The Balaban J connectivity index is 1.75. The van der Waals surface area contributed by atoms with Crippen molar-refractivity contribution in [2.45, 2.75) is 26.3 Å². The first kappa shape index (κ1) is 17.7. The number of hydrogen-bond donors (Lipinski definition) is 2. The van der Waals surface area contributed by atoms with Crippen LogP contribution in [0.25, 0.3) is 11.1 Å². The number of aromatic nitrogens is 1. The highest BCUT2D eigenvalue weighted by atomic mass is 16.2. The molecule has 0 aliphatic rings. The second kappa shape index (κ2) is 7.00. The second-order valence-electron chi connectivity index (χ2n) is 7.02. The highest BCUT2D eigenvalue weighted by molar-refractivity contribution is 5.89. The van der Waals surface area contributed by atoms with E-state index in [9.17, 15) is 4.79 Å². The first-order chi connectivity index (χ1) is 12.3. The fraction of sp³-hybridized carbons (Fsp3) is 0.182. The van der Waals surface area contributed by atoms with Crippen molar-refractivity contribution in [1.29, 1.82) is 0 Å². The zero-order chi connectivity index (χ0) is 18.7. The number of pyridine rings is 2. The summed E-state index contributed by atoms with van der Waals surface area (Å²) >= 11 is 0. The average molecular weight is 346 g/mol. The minimum Gasteiger partial charge on any atom is -0.329 e. The molecule has 4 heteroatoms. The Morgan fingerprint density at radius 3 is 2.65 bits per heavy atom. The smallest absolute Gasteiger partial charge is 0.320 e. The molecule has 3 aromatic rings. The minimum absolute atomic E-state index is 0.244. The number of carbonyl (C=O) groups is 1. The van der Waals surface area contributed by atoms with Gasteiger partial charge in [-0.15, -0.1) is 0 Å². The van der Waals surface area contributed by atoms with Gasteiger partial charge >= 0.3 is 6.03 Å². The van der Waals surface area contributed by atoms with Crippen LogP contribution in [0.4, 0.5) is 10.5 Å². The zero-order valence-electron chi connectivity index (χ0n) is 15.4. The molecule has 0 aliphatic carbocycles. The lowest BCUT2D eigenvalue weighted by Gasteiger charge is -2.27. The zero-order valence-corrected chi connectivity index (χ0v) is 15.4. The molecule has 0 unspecified atom stereocenters. The van der Waals surface area contributed by atoms with Gasteiger partial charge in [-0.05, 0) is 50.1 Å². The fourth-order valence-electron chi connectivity index (χ4n) is 2.86. The lowest BCUT2D eigenvalue weighted by molar-refractivity contribution is -0.511. The van der Waals surface area contributed by atoms with Gasteiger partial charge in [-0.3, -0.25) is 0 Å². The number of anilines is 1.